The number of aromatic nitrogens is 2. The second-order valence-corrected chi connectivity index (χ2v) is 7.43. The van der Waals surface area contributed by atoms with Gasteiger partial charge in [0.05, 0.1) is 5.69 Å². The molecule has 21 heavy (non-hydrogen) atoms. The van der Waals surface area contributed by atoms with Crippen LogP contribution in [0.3, 0.4) is 0 Å². The van der Waals surface area contributed by atoms with Crippen LogP contribution in [0.4, 0.5) is 0 Å². The summed E-state index contributed by atoms with van der Waals surface area (Å²) in [5, 5.41) is 0.276. The van der Waals surface area contributed by atoms with Crippen LogP contribution >= 0.6 is 0 Å². The number of imidazole rings is 1. The average Bonchev–Trinajstić information content (AvgIpc) is 2.85. The molecule has 5 nitrogen and oxygen atoms in total. The van der Waals surface area contributed by atoms with Gasteiger partial charge in [0.15, 0.2) is 5.03 Å². The number of fused-ring (bicyclic) bond motifs is 1. The van der Waals surface area contributed by atoms with Crippen LogP contribution in [0.1, 0.15) is 70.4 Å². The third-order valence-electron chi connectivity index (χ3n) is 4.10. The highest BCUT2D eigenvalue weighted by Gasteiger charge is 2.31. The van der Waals surface area contributed by atoms with Crippen molar-refractivity contribution in [1.29, 1.82) is 0 Å². The molecular formula is C15H27N3O2S. The van der Waals surface area contributed by atoms with Gasteiger partial charge in [0.1, 0.15) is 5.82 Å². The topological polar surface area (TPSA) is 64.0 Å². The van der Waals surface area contributed by atoms with Crippen LogP contribution in [0, 0.1) is 0 Å². The molecule has 1 atom stereocenters. The molecule has 0 saturated carbocycles. The first-order chi connectivity index (χ1) is 10.0. The lowest BCUT2D eigenvalue weighted by molar-refractivity contribution is 0.377. The van der Waals surface area contributed by atoms with Gasteiger partial charge in [-0.1, -0.05) is 20.8 Å². The Balaban J connectivity index is 2.48. The minimum absolute atomic E-state index is 0.276. The molecule has 1 N–H and O–H groups in total. The van der Waals surface area contributed by atoms with E-state index in [9.17, 15) is 8.42 Å². The quantitative estimate of drug-likeness (QED) is 0.842. The molecule has 0 fully saturated rings. The van der Waals surface area contributed by atoms with Crippen molar-refractivity contribution in [3.05, 3.63) is 11.5 Å². The van der Waals surface area contributed by atoms with Gasteiger partial charge in [0, 0.05) is 19.0 Å². The lowest BCUT2D eigenvalue weighted by atomic mass is 10.0. The molecule has 0 amide bonds. The Labute approximate surface area is 128 Å². The predicted molar refractivity (Wildman–Crippen MR) is 84.0 cm³/mol. The number of aryl methyl sites for hydroxylation is 1. The first-order valence-corrected chi connectivity index (χ1v) is 9.63. The largest absolute Gasteiger partial charge is 0.328 e. The van der Waals surface area contributed by atoms with Crippen molar-refractivity contribution < 1.29 is 8.42 Å². The molecule has 0 radical (unpaired) electrons. The summed E-state index contributed by atoms with van der Waals surface area (Å²) in [6, 6.07) is 0.401. The van der Waals surface area contributed by atoms with E-state index in [1.165, 1.54) is 0 Å². The molecule has 120 valence electrons. The van der Waals surface area contributed by atoms with Crippen molar-refractivity contribution in [3.8, 4) is 0 Å². The van der Waals surface area contributed by atoms with Crippen LogP contribution in [0.2, 0.25) is 0 Å². The van der Waals surface area contributed by atoms with Crippen molar-refractivity contribution in [3.63, 3.8) is 0 Å². The monoisotopic (exact) mass is 313 g/mol. The van der Waals surface area contributed by atoms with Crippen LogP contribution in [-0.4, -0.2) is 24.5 Å². The van der Waals surface area contributed by atoms with E-state index in [4.69, 9.17) is 0 Å². The van der Waals surface area contributed by atoms with Gasteiger partial charge >= 0.3 is 0 Å². The summed E-state index contributed by atoms with van der Waals surface area (Å²) in [6.07, 6.45) is 6.62. The van der Waals surface area contributed by atoms with Crippen LogP contribution < -0.4 is 4.72 Å². The van der Waals surface area contributed by atoms with Crippen LogP contribution in [-0.2, 0) is 22.9 Å². The van der Waals surface area contributed by atoms with E-state index in [1.54, 1.807) is 0 Å². The SMILES string of the molecule is CCCNS(=O)(=O)c1nc(CCC)n2c1CCCC2CC. The molecule has 1 unspecified atom stereocenters. The Morgan fingerprint density at radius 3 is 2.67 bits per heavy atom. The third-order valence-corrected chi connectivity index (χ3v) is 5.52. The molecular weight excluding hydrogens is 286 g/mol. The molecule has 6 heteroatoms. The fraction of sp³-hybridized carbons (Fsp3) is 0.800. The third kappa shape index (κ3) is 3.31. The van der Waals surface area contributed by atoms with Crippen molar-refractivity contribution in [2.75, 3.05) is 6.54 Å². The highest BCUT2D eigenvalue weighted by atomic mass is 32.2. The zero-order valence-electron chi connectivity index (χ0n) is 13.4. The van der Waals surface area contributed by atoms with Gasteiger partial charge in [-0.05, 0) is 38.5 Å². The Hall–Kier alpha value is -0.880. The Morgan fingerprint density at radius 1 is 1.29 bits per heavy atom. The highest BCUT2D eigenvalue weighted by molar-refractivity contribution is 7.89. The van der Waals surface area contributed by atoms with E-state index < -0.39 is 10.0 Å². The van der Waals surface area contributed by atoms with E-state index >= 15 is 0 Å². The minimum Gasteiger partial charge on any atom is -0.328 e. The molecule has 2 heterocycles. The second kappa shape index (κ2) is 6.92. The standard InChI is InChI=1S/C15H27N3O2S/c1-4-8-14-17-15(21(19,20)16-11-5-2)13-10-7-9-12(6-3)18(13)14/h12,16H,4-11H2,1-3H3. The maximum absolute atomic E-state index is 12.5. The molecule has 0 saturated heterocycles. The summed E-state index contributed by atoms with van der Waals surface area (Å²) in [5.41, 5.74) is 0.917. The lowest BCUT2D eigenvalue weighted by Gasteiger charge is -2.26. The number of nitrogens with one attached hydrogen (secondary N) is 1. The van der Waals surface area contributed by atoms with E-state index in [-0.39, 0.29) is 5.03 Å². The number of rotatable bonds is 7. The molecule has 0 aliphatic carbocycles. The molecule has 1 aromatic heterocycles. The van der Waals surface area contributed by atoms with Gasteiger partial charge in [-0.2, -0.15) is 0 Å². The van der Waals surface area contributed by atoms with Gasteiger partial charge in [0.25, 0.3) is 10.0 Å². The Bertz CT molecular complexity index is 578. The molecule has 1 aliphatic rings. The number of hydrogen-bond acceptors (Lipinski definition) is 3. The van der Waals surface area contributed by atoms with Gasteiger partial charge in [-0.3, -0.25) is 0 Å². The summed E-state index contributed by atoms with van der Waals surface area (Å²) in [5.74, 6) is 0.941. The van der Waals surface area contributed by atoms with Crippen LogP contribution in [0.15, 0.2) is 5.03 Å². The maximum Gasteiger partial charge on any atom is 0.259 e. The summed E-state index contributed by atoms with van der Waals surface area (Å²) in [6.45, 7) is 6.70. The van der Waals surface area contributed by atoms with Crippen molar-refractivity contribution in [1.82, 2.24) is 14.3 Å². The van der Waals surface area contributed by atoms with Gasteiger partial charge in [-0.25, -0.2) is 18.1 Å². The number of hydrogen-bond donors (Lipinski definition) is 1. The first-order valence-electron chi connectivity index (χ1n) is 8.14. The maximum atomic E-state index is 12.5. The summed E-state index contributed by atoms with van der Waals surface area (Å²) in [4.78, 5) is 4.52. The van der Waals surface area contributed by atoms with Crippen LogP contribution in [0.5, 0.6) is 0 Å². The van der Waals surface area contributed by atoms with E-state index in [0.717, 1.165) is 56.5 Å². The number of nitrogens with zero attached hydrogens (tertiary/aromatic N) is 2. The van der Waals surface area contributed by atoms with Crippen molar-refractivity contribution >= 4 is 10.0 Å². The van der Waals surface area contributed by atoms with Crippen molar-refractivity contribution in [2.24, 2.45) is 0 Å². The zero-order chi connectivity index (χ0) is 15.5. The molecule has 1 aliphatic heterocycles. The van der Waals surface area contributed by atoms with Crippen molar-refractivity contribution in [2.45, 2.75) is 76.8 Å². The fourth-order valence-corrected chi connectivity index (χ4v) is 4.44. The smallest absolute Gasteiger partial charge is 0.259 e. The minimum atomic E-state index is -3.47. The number of sulfonamides is 1. The molecule has 0 bridgehead atoms. The zero-order valence-corrected chi connectivity index (χ0v) is 14.2. The molecule has 2 rings (SSSR count). The second-order valence-electron chi connectivity index (χ2n) is 5.75. The van der Waals surface area contributed by atoms with Crippen LogP contribution in [0.25, 0.3) is 0 Å². The first kappa shape index (κ1) is 16.5. The molecule has 1 aromatic rings. The van der Waals surface area contributed by atoms with Gasteiger partial charge in [0.2, 0.25) is 0 Å². The predicted octanol–water partition coefficient (Wildman–Crippen LogP) is 2.81. The Kier molecular flexibility index (Phi) is 5.43. The highest BCUT2D eigenvalue weighted by Crippen LogP contribution is 2.33. The van der Waals surface area contributed by atoms with Gasteiger partial charge < -0.3 is 4.57 Å². The summed E-state index contributed by atoms with van der Waals surface area (Å²) >= 11 is 0. The Morgan fingerprint density at radius 2 is 2.05 bits per heavy atom. The van der Waals surface area contributed by atoms with E-state index in [1.807, 2.05) is 6.92 Å². The van der Waals surface area contributed by atoms with E-state index in [2.05, 4.69) is 28.1 Å². The molecule has 0 aromatic carbocycles. The lowest BCUT2D eigenvalue weighted by Crippen LogP contribution is -2.27. The normalized spacial score (nSPS) is 18.7. The summed E-state index contributed by atoms with van der Waals surface area (Å²) < 4.78 is 29.9. The summed E-state index contributed by atoms with van der Waals surface area (Å²) in [7, 11) is -3.47. The average molecular weight is 313 g/mol. The van der Waals surface area contributed by atoms with E-state index in [0.29, 0.717) is 12.6 Å². The molecule has 0 spiro atoms. The van der Waals surface area contributed by atoms with Gasteiger partial charge in [-0.15, -0.1) is 0 Å². The fourth-order valence-electron chi connectivity index (χ4n) is 3.09.